The molecule has 3 aromatic rings. The van der Waals surface area contributed by atoms with E-state index in [0.29, 0.717) is 22.8 Å². The second-order valence-electron chi connectivity index (χ2n) is 7.48. The zero-order valence-corrected chi connectivity index (χ0v) is 16.7. The van der Waals surface area contributed by atoms with Crippen LogP contribution >= 0.6 is 11.6 Å². The molecular formula is C20H21ClFN6O+. The summed E-state index contributed by atoms with van der Waals surface area (Å²) in [7, 11) is 0. The van der Waals surface area contributed by atoms with Gasteiger partial charge >= 0.3 is 0 Å². The van der Waals surface area contributed by atoms with Crippen molar-refractivity contribution in [2.24, 2.45) is 0 Å². The van der Waals surface area contributed by atoms with Gasteiger partial charge in [0.25, 0.3) is 10.6 Å². The standard InChI is InChI=1S/C20H21ClFN6O/c1-20(10-11-26(13-20)18-8-6-17(22)7-9-18)24-19-23-14-27(28(29)25-19)12-15-2-4-16(21)5-3-15/h2-9,14H,10-13H2,1H3,(H,24,25,29)/q+1. The van der Waals surface area contributed by atoms with E-state index in [4.69, 9.17) is 11.6 Å². The van der Waals surface area contributed by atoms with E-state index >= 15 is 0 Å². The fraction of sp³-hybridized carbons (Fsp3) is 0.300. The highest BCUT2D eigenvalue weighted by Gasteiger charge is 2.35. The van der Waals surface area contributed by atoms with Crippen LogP contribution in [0.15, 0.2) is 54.9 Å². The predicted molar refractivity (Wildman–Crippen MR) is 109 cm³/mol. The van der Waals surface area contributed by atoms with E-state index in [1.54, 1.807) is 24.3 Å². The third-order valence-corrected chi connectivity index (χ3v) is 5.30. The van der Waals surface area contributed by atoms with Crippen molar-refractivity contribution in [2.45, 2.75) is 25.4 Å². The number of benzene rings is 2. The van der Waals surface area contributed by atoms with Crippen LogP contribution < -0.4 is 14.9 Å². The van der Waals surface area contributed by atoms with Crippen molar-refractivity contribution in [3.8, 4) is 0 Å². The van der Waals surface area contributed by atoms with E-state index in [1.807, 2.05) is 12.1 Å². The summed E-state index contributed by atoms with van der Waals surface area (Å²) in [6.07, 6.45) is 2.30. The highest BCUT2D eigenvalue weighted by atomic mass is 35.5. The van der Waals surface area contributed by atoms with Crippen LogP contribution in [-0.2, 0) is 6.54 Å². The van der Waals surface area contributed by atoms with E-state index in [2.05, 4.69) is 27.2 Å². The quantitative estimate of drug-likeness (QED) is 0.648. The van der Waals surface area contributed by atoms with Gasteiger partial charge in [0, 0.05) is 23.8 Å². The van der Waals surface area contributed by atoms with Crippen molar-refractivity contribution < 1.29 is 9.05 Å². The Morgan fingerprint density at radius 1 is 1.21 bits per heavy atom. The second-order valence-corrected chi connectivity index (χ2v) is 7.92. The lowest BCUT2D eigenvalue weighted by molar-refractivity contribution is -0.658. The summed E-state index contributed by atoms with van der Waals surface area (Å²) in [5.41, 5.74) is 1.58. The van der Waals surface area contributed by atoms with E-state index < -0.39 is 0 Å². The number of nitrogens with zero attached hydrogens (tertiary/aromatic N) is 5. The Morgan fingerprint density at radius 2 is 1.93 bits per heavy atom. The molecule has 0 bridgehead atoms. The summed E-state index contributed by atoms with van der Waals surface area (Å²) in [4.78, 5) is 18.8. The molecule has 0 saturated carbocycles. The van der Waals surface area contributed by atoms with Crippen molar-refractivity contribution in [1.82, 2.24) is 14.8 Å². The molecule has 1 unspecified atom stereocenters. The first-order chi connectivity index (χ1) is 13.9. The van der Waals surface area contributed by atoms with Crippen LogP contribution in [0.25, 0.3) is 0 Å². The number of hydrogen-bond acceptors (Lipinski definition) is 5. The average Bonchev–Trinajstić information content (AvgIpc) is 3.08. The molecular weight excluding hydrogens is 395 g/mol. The van der Waals surface area contributed by atoms with Gasteiger partial charge in [-0.05, 0) is 55.3 Å². The van der Waals surface area contributed by atoms with E-state index in [9.17, 15) is 9.30 Å². The minimum atomic E-state index is -0.302. The van der Waals surface area contributed by atoms with Crippen LogP contribution in [0.1, 0.15) is 18.9 Å². The Balaban J connectivity index is 1.44. The molecule has 0 aliphatic carbocycles. The SMILES string of the molecule is CC1(Nc2ncn(Cc3ccc(Cl)cc3)[n+](=O)n2)CCN(c2ccc(F)cc2)C1. The summed E-state index contributed by atoms with van der Waals surface area (Å²) in [5, 5.41) is 7.93. The monoisotopic (exact) mass is 415 g/mol. The van der Waals surface area contributed by atoms with Crippen molar-refractivity contribution in [3.05, 3.63) is 76.2 Å². The molecule has 4 rings (SSSR count). The van der Waals surface area contributed by atoms with Crippen LogP contribution in [0.2, 0.25) is 5.02 Å². The third kappa shape index (κ3) is 4.54. The molecule has 1 aliphatic rings. The maximum atomic E-state index is 13.2. The minimum Gasteiger partial charge on any atom is -0.369 e. The molecule has 0 amide bonds. The number of nitrogens with one attached hydrogen (secondary N) is 1. The van der Waals surface area contributed by atoms with Gasteiger partial charge in [0.2, 0.25) is 0 Å². The zero-order chi connectivity index (χ0) is 20.4. The molecule has 29 heavy (non-hydrogen) atoms. The molecule has 1 aromatic heterocycles. The fourth-order valence-corrected chi connectivity index (χ4v) is 3.60. The van der Waals surface area contributed by atoms with Gasteiger partial charge < -0.3 is 10.2 Å². The molecule has 1 aliphatic heterocycles. The summed E-state index contributed by atoms with van der Waals surface area (Å²) in [5.74, 6) is 0.0224. The molecule has 1 N–H and O–H groups in total. The highest BCUT2D eigenvalue weighted by molar-refractivity contribution is 6.30. The van der Waals surface area contributed by atoms with Gasteiger partial charge in [-0.1, -0.05) is 28.4 Å². The first-order valence-electron chi connectivity index (χ1n) is 9.30. The molecule has 1 saturated heterocycles. The fourth-order valence-electron chi connectivity index (χ4n) is 3.47. The molecule has 2 heterocycles. The number of halogens is 2. The van der Waals surface area contributed by atoms with Crippen LogP contribution in [-0.4, -0.2) is 33.4 Å². The average molecular weight is 416 g/mol. The molecule has 1 atom stereocenters. The van der Waals surface area contributed by atoms with Crippen LogP contribution in [0.3, 0.4) is 0 Å². The first-order valence-corrected chi connectivity index (χ1v) is 9.68. The summed E-state index contributed by atoms with van der Waals surface area (Å²) < 4.78 is 15.1. The number of aromatic nitrogens is 4. The van der Waals surface area contributed by atoms with Crippen molar-refractivity contribution in [1.29, 1.82) is 0 Å². The zero-order valence-electron chi connectivity index (χ0n) is 15.9. The van der Waals surface area contributed by atoms with Crippen LogP contribution in [0.4, 0.5) is 16.0 Å². The van der Waals surface area contributed by atoms with Gasteiger partial charge in [-0.2, -0.15) is 4.98 Å². The highest BCUT2D eigenvalue weighted by Crippen LogP contribution is 2.28. The minimum absolute atomic E-state index is 0.251. The van der Waals surface area contributed by atoms with Crippen molar-refractivity contribution in [2.75, 3.05) is 23.3 Å². The predicted octanol–water partition coefficient (Wildman–Crippen LogP) is 3.11. The molecule has 7 nitrogen and oxygen atoms in total. The van der Waals surface area contributed by atoms with Gasteiger partial charge in [-0.3, -0.25) is 0 Å². The van der Waals surface area contributed by atoms with Gasteiger partial charge in [0.15, 0.2) is 6.33 Å². The summed E-state index contributed by atoms with van der Waals surface area (Å²) in [6.45, 7) is 3.91. The van der Waals surface area contributed by atoms with Gasteiger partial charge in [-0.25, -0.2) is 4.39 Å². The maximum absolute atomic E-state index is 13.2. The van der Waals surface area contributed by atoms with Gasteiger partial charge in [-0.15, -0.1) is 0 Å². The number of rotatable bonds is 5. The van der Waals surface area contributed by atoms with Gasteiger partial charge in [0.1, 0.15) is 17.5 Å². The van der Waals surface area contributed by atoms with Crippen molar-refractivity contribution >= 4 is 23.2 Å². The molecule has 1 fully saturated rings. The van der Waals surface area contributed by atoms with E-state index in [-0.39, 0.29) is 17.3 Å². The van der Waals surface area contributed by atoms with Crippen molar-refractivity contribution in [3.63, 3.8) is 0 Å². The maximum Gasteiger partial charge on any atom is 0.298 e. The normalized spacial score (nSPS) is 18.8. The molecule has 150 valence electrons. The van der Waals surface area contributed by atoms with Crippen LogP contribution in [0, 0.1) is 10.7 Å². The Labute approximate surface area is 172 Å². The molecule has 2 aromatic carbocycles. The lowest BCUT2D eigenvalue weighted by atomic mass is 10.0. The largest absolute Gasteiger partial charge is 0.369 e. The number of hydrogen-bond donors (Lipinski definition) is 1. The molecule has 9 heteroatoms. The topological polar surface area (TPSA) is 69.0 Å². The molecule has 0 radical (unpaired) electrons. The Bertz CT molecular complexity index is 1060. The van der Waals surface area contributed by atoms with Gasteiger partial charge in [0.05, 0.1) is 10.4 Å². The lowest BCUT2D eigenvalue weighted by Crippen LogP contribution is -2.42. The lowest BCUT2D eigenvalue weighted by Gasteiger charge is -2.26. The second kappa shape index (κ2) is 7.79. The third-order valence-electron chi connectivity index (χ3n) is 5.05. The Kier molecular flexibility index (Phi) is 5.19. The summed E-state index contributed by atoms with van der Waals surface area (Å²) >= 11 is 5.89. The Hall–Kier alpha value is -3.00. The van der Waals surface area contributed by atoms with E-state index in [1.165, 1.54) is 23.1 Å². The number of anilines is 2. The first kappa shape index (κ1) is 19.3. The molecule has 0 spiro atoms. The van der Waals surface area contributed by atoms with E-state index in [0.717, 1.165) is 24.2 Å². The summed E-state index contributed by atoms with van der Waals surface area (Å²) in [6, 6.07) is 13.7. The Morgan fingerprint density at radius 3 is 2.62 bits per heavy atom. The smallest absolute Gasteiger partial charge is 0.298 e. The van der Waals surface area contributed by atoms with Crippen LogP contribution in [0.5, 0.6) is 0 Å².